The van der Waals surface area contributed by atoms with Gasteiger partial charge in [0.2, 0.25) is 0 Å². The number of anilines is 2. The Morgan fingerprint density at radius 3 is 2.85 bits per heavy atom. The van der Waals surface area contributed by atoms with Crippen LogP contribution in [0.4, 0.5) is 17.1 Å². The van der Waals surface area contributed by atoms with Crippen molar-refractivity contribution in [2.45, 2.75) is 19.8 Å². The molecule has 142 valence electrons. The Bertz CT molecular complexity index is 866. The molecule has 7 heteroatoms. The average Bonchev–Trinajstić information content (AvgIpc) is 2.67. The maximum absolute atomic E-state index is 13.1. The number of methoxy groups -OCH3 is 1. The number of benzene rings is 2. The number of hydrogen-bond donors (Lipinski definition) is 1. The van der Waals surface area contributed by atoms with Gasteiger partial charge < -0.3 is 15.0 Å². The zero-order valence-electron chi connectivity index (χ0n) is 15.5. The van der Waals surface area contributed by atoms with E-state index in [1.165, 1.54) is 6.07 Å². The molecule has 1 N–H and O–H groups in total. The van der Waals surface area contributed by atoms with Gasteiger partial charge in [0.25, 0.3) is 11.6 Å². The van der Waals surface area contributed by atoms with Crippen molar-refractivity contribution in [3.8, 4) is 0 Å². The Kier molecular flexibility index (Phi) is 5.71. The number of ether oxygens (including phenoxy) is 1. The molecule has 0 bridgehead atoms. The van der Waals surface area contributed by atoms with Gasteiger partial charge in [-0.05, 0) is 43.5 Å². The van der Waals surface area contributed by atoms with E-state index >= 15 is 0 Å². The molecule has 1 aliphatic heterocycles. The standard InChI is InChI=1S/C20H23N3O4/c1-14-5-8-18-15(12-14)4-3-10-22(18)20(24)16-6-7-17(21-9-11-27-2)19(13-16)23(25)26/h5-8,12-13,21H,3-4,9-11H2,1-2H3. The fraction of sp³-hybridized carbons (Fsp3) is 0.350. The zero-order valence-corrected chi connectivity index (χ0v) is 15.5. The van der Waals surface area contributed by atoms with Crippen molar-refractivity contribution in [1.82, 2.24) is 0 Å². The number of carbonyl (C=O) groups is 1. The molecule has 0 atom stereocenters. The predicted molar refractivity (Wildman–Crippen MR) is 105 cm³/mol. The van der Waals surface area contributed by atoms with E-state index in [2.05, 4.69) is 11.4 Å². The van der Waals surface area contributed by atoms with E-state index < -0.39 is 4.92 Å². The average molecular weight is 369 g/mol. The van der Waals surface area contributed by atoms with Crippen LogP contribution in [0, 0.1) is 17.0 Å². The van der Waals surface area contributed by atoms with E-state index in [0.717, 1.165) is 29.7 Å². The van der Waals surface area contributed by atoms with Crippen LogP contribution in [0.15, 0.2) is 36.4 Å². The van der Waals surface area contributed by atoms with Crippen molar-refractivity contribution >= 4 is 23.0 Å². The SMILES string of the molecule is COCCNc1ccc(C(=O)N2CCCc3cc(C)ccc32)cc1[N+](=O)[O-]. The van der Waals surface area contributed by atoms with Gasteiger partial charge in [-0.25, -0.2) is 0 Å². The molecule has 27 heavy (non-hydrogen) atoms. The highest BCUT2D eigenvalue weighted by atomic mass is 16.6. The minimum Gasteiger partial charge on any atom is -0.383 e. The van der Waals surface area contributed by atoms with E-state index in [9.17, 15) is 14.9 Å². The van der Waals surface area contributed by atoms with Crippen LogP contribution in [0.3, 0.4) is 0 Å². The molecule has 2 aromatic rings. The van der Waals surface area contributed by atoms with Gasteiger partial charge >= 0.3 is 0 Å². The van der Waals surface area contributed by atoms with Gasteiger partial charge in [0.05, 0.1) is 11.5 Å². The highest BCUT2D eigenvalue weighted by molar-refractivity contribution is 6.07. The van der Waals surface area contributed by atoms with Crippen molar-refractivity contribution < 1.29 is 14.5 Å². The lowest BCUT2D eigenvalue weighted by Crippen LogP contribution is -2.35. The van der Waals surface area contributed by atoms with E-state index in [-0.39, 0.29) is 11.6 Å². The van der Waals surface area contributed by atoms with Gasteiger partial charge in [-0.1, -0.05) is 17.7 Å². The Morgan fingerprint density at radius 1 is 1.30 bits per heavy atom. The van der Waals surface area contributed by atoms with Crippen molar-refractivity contribution in [3.63, 3.8) is 0 Å². The lowest BCUT2D eigenvalue weighted by atomic mass is 9.98. The Morgan fingerprint density at radius 2 is 2.11 bits per heavy atom. The van der Waals surface area contributed by atoms with Crippen molar-refractivity contribution in [3.05, 3.63) is 63.2 Å². The molecule has 0 saturated carbocycles. The molecule has 2 aromatic carbocycles. The zero-order chi connectivity index (χ0) is 19.4. The molecular formula is C20H23N3O4. The molecule has 1 heterocycles. The van der Waals surface area contributed by atoms with Gasteiger partial charge in [0, 0.05) is 37.5 Å². The van der Waals surface area contributed by atoms with Crippen LogP contribution in [0.1, 0.15) is 27.9 Å². The quantitative estimate of drug-likeness (QED) is 0.478. The highest BCUT2D eigenvalue weighted by Gasteiger charge is 2.25. The van der Waals surface area contributed by atoms with Crippen LogP contribution >= 0.6 is 0 Å². The molecule has 7 nitrogen and oxygen atoms in total. The Labute approximate surface area is 158 Å². The second-order valence-electron chi connectivity index (χ2n) is 6.60. The summed E-state index contributed by atoms with van der Waals surface area (Å²) in [7, 11) is 1.57. The number of nitro benzene ring substituents is 1. The molecule has 0 saturated heterocycles. The third-order valence-electron chi connectivity index (χ3n) is 4.66. The summed E-state index contributed by atoms with van der Waals surface area (Å²) in [6.45, 7) is 3.52. The number of nitro groups is 1. The molecule has 0 aliphatic carbocycles. The van der Waals surface area contributed by atoms with E-state index in [1.54, 1.807) is 24.1 Å². The fourth-order valence-corrected chi connectivity index (χ4v) is 3.35. The van der Waals surface area contributed by atoms with Crippen LogP contribution in [0.2, 0.25) is 0 Å². The molecule has 0 unspecified atom stereocenters. The van der Waals surface area contributed by atoms with Crippen molar-refractivity contribution in [1.29, 1.82) is 0 Å². The minimum absolute atomic E-state index is 0.113. The molecule has 3 rings (SSSR count). The normalized spacial score (nSPS) is 13.2. The Hall–Kier alpha value is -2.93. The number of nitrogens with one attached hydrogen (secondary N) is 1. The van der Waals surface area contributed by atoms with Crippen molar-refractivity contribution in [2.24, 2.45) is 0 Å². The van der Waals surface area contributed by atoms with E-state index in [1.807, 2.05) is 19.1 Å². The molecular weight excluding hydrogens is 346 g/mol. The second kappa shape index (κ2) is 8.18. The number of amides is 1. The summed E-state index contributed by atoms with van der Waals surface area (Å²) in [5, 5.41) is 14.4. The highest BCUT2D eigenvalue weighted by Crippen LogP contribution is 2.31. The van der Waals surface area contributed by atoms with Gasteiger partial charge in [-0.15, -0.1) is 0 Å². The van der Waals surface area contributed by atoms with Crippen LogP contribution < -0.4 is 10.2 Å². The summed E-state index contributed by atoms with van der Waals surface area (Å²) in [4.78, 5) is 25.8. The number of carbonyl (C=O) groups excluding carboxylic acids is 1. The summed E-state index contributed by atoms with van der Waals surface area (Å²) >= 11 is 0. The van der Waals surface area contributed by atoms with E-state index in [0.29, 0.717) is 30.9 Å². The maximum Gasteiger partial charge on any atom is 0.293 e. The number of rotatable bonds is 6. The van der Waals surface area contributed by atoms with Crippen LogP contribution in [-0.2, 0) is 11.2 Å². The minimum atomic E-state index is -0.473. The first-order valence-electron chi connectivity index (χ1n) is 8.94. The second-order valence-corrected chi connectivity index (χ2v) is 6.60. The number of aryl methyl sites for hydroxylation is 2. The fourth-order valence-electron chi connectivity index (χ4n) is 3.35. The lowest BCUT2D eigenvalue weighted by Gasteiger charge is -2.30. The van der Waals surface area contributed by atoms with E-state index in [4.69, 9.17) is 4.74 Å². The third kappa shape index (κ3) is 4.09. The Balaban J connectivity index is 1.89. The van der Waals surface area contributed by atoms with Crippen LogP contribution in [0.5, 0.6) is 0 Å². The van der Waals surface area contributed by atoms with Gasteiger partial charge in [-0.3, -0.25) is 14.9 Å². The first kappa shape index (κ1) is 18.8. The van der Waals surface area contributed by atoms with Gasteiger partial charge in [0.15, 0.2) is 0 Å². The first-order valence-corrected chi connectivity index (χ1v) is 8.94. The number of nitrogens with zero attached hydrogens (tertiary/aromatic N) is 2. The topological polar surface area (TPSA) is 84.7 Å². The third-order valence-corrected chi connectivity index (χ3v) is 4.66. The van der Waals surface area contributed by atoms with Crippen LogP contribution in [0.25, 0.3) is 0 Å². The summed E-state index contributed by atoms with van der Waals surface area (Å²) in [5.41, 5.74) is 3.77. The molecule has 1 amide bonds. The number of hydrogen-bond acceptors (Lipinski definition) is 5. The predicted octanol–water partition coefficient (Wildman–Crippen LogP) is 3.55. The lowest BCUT2D eigenvalue weighted by molar-refractivity contribution is -0.384. The van der Waals surface area contributed by atoms with Gasteiger partial charge in [0.1, 0.15) is 5.69 Å². The maximum atomic E-state index is 13.1. The smallest absolute Gasteiger partial charge is 0.293 e. The summed E-state index contributed by atoms with van der Waals surface area (Å²) < 4.78 is 4.95. The van der Waals surface area contributed by atoms with Gasteiger partial charge in [-0.2, -0.15) is 0 Å². The molecule has 0 spiro atoms. The van der Waals surface area contributed by atoms with Crippen molar-refractivity contribution in [2.75, 3.05) is 37.0 Å². The molecule has 1 aliphatic rings. The summed E-state index contributed by atoms with van der Waals surface area (Å²) in [5.74, 6) is -0.216. The molecule has 0 radical (unpaired) electrons. The molecule has 0 aromatic heterocycles. The van der Waals surface area contributed by atoms with Crippen LogP contribution in [-0.4, -0.2) is 37.6 Å². The number of fused-ring (bicyclic) bond motifs is 1. The molecule has 0 fully saturated rings. The summed E-state index contributed by atoms with van der Waals surface area (Å²) in [6.07, 6.45) is 1.81. The summed E-state index contributed by atoms with van der Waals surface area (Å²) in [6, 6.07) is 10.6. The largest absolute Gasteiger partial charge is 0.383 e. The monoisotopic (exact) mass is 369 g/mol. The first-order chi connectivity index (χ1) is 13.0.